The van der Waals surface area contributed by atoms with E-state index in [9.17, 15) is 9.59 Å². The summed E-state index contributed by atoms with van der Waals surface area (Å²) in [6.07, 6.45) is 1.18. The Morgan fingerprint density at radius 1 is 1.48 bits per heavy atom. The number of nitrogens with one attached hydrogen (secondary N) is 2. The number of urea groups is 1. The van der Waals surface area contributed by atoms with Gasteiger partial charge in [0.05, 0.1) is 6.61 Å². The van der Waals surface area contributed by atoms with Crippen molar-refractivity contribution in [2.45, 2.75) is 32.4 Å². The zero-order valence-electron chi connectivity index (χ0n) is 11.6. The Morgan fingerprint density at radius 3 is 2.90 bits per heavy atom. The molecule has 0 spiro atoms. The van der Waals surface area contributed by atoms with Crippen LogP contribution in [-0.4, -0.2) is 29.8 Å². The Kier molecular flexibility index (Phi) is 5.06. The predicted molar refractivity (Wildman–Crippen MR) is 80.4 cm³/mol. The predicted octanol–water partition coefficient (Wildman–Crippen LogP) is 2.05. The van der Waals surface area contributed by atoms with Gasteiger partial charge in [-0.15, -0.1) is 0 Å². The molecule has 1 aliphatic rings. The van der Waals surface area contributed by atoms with Gasteiger partial charge in [0.1, 0.15) is 11.8 Å². The monoisotopic (exact) mass is 356 g/mol. The van der Waals surface area contributed by atoms with Crippen LogP contribution < -0.4 is 15.4 Å². The third-order valence-electron chi connectivity index (χ3n) is 3.28. The Labute approximate surface area is 131 Å². The normalized spacial score (nSPS) is 14.0. The van der Waals surface area contributed by atoms with Gasteiger partial charge in [-0.2, -0.15) is 0 Å². The standard InChI is InChI=1S/C14H17BrN2O4/c1-2-11(13(18)19)17-14(20)16-7-9-6-10(15)5-8-3-4-21-12(8)9/h5-6,11H,2-4,7H2,1H3,(H,18,19)(H2,16,17,20). The summed E-state index contributed by atoms with van der Waals surface area (Å²) in [6, 6.07) is 2.51. The molecule has 0 aromatic heterocycles. The molecule has 0 saturated carbocycles. The van der Waals surface area contributed by atoms with Crippen LogP contribution in [0.5, 0.6) is 5.75 Å². The van der Waals surface area contributed by atoms with Gasteiger partial charge in [0.15, 0.2) is 0 Å². The van der Waals surface area contributed by atoms with Crippen molar-refractivity contribution < 1.29 is 19.4 Å². The van der Waals surface area contributed by atoms with Gasteiger partial charge < -0.3 is 20.5 Å². The average molecular weight is 357 g/mol. The largest absolute Gasteiger partial charge is 0.493 e. The average Bonchev–Trinajstić information content (AvgIpc) is 2.89. The summed E-state index contributed by atoms with van der Waals surface area (Å²) in [7, 11) is 0. The Bertz CT molecular complexity index is 562. The van der Waals surface area contributed by atoms with E-state index < -0.39 is 18.0 Å². The summed E-state index contributed by atoms with van der Waals surface area (Å²) in [4.78, 5) is 22.6. The molecular weight excluding hydrogens is 340 g/mol. The molecular formula is C14H17BrN2O4. The molecule has 0 aliphatic carbocycles. The lowest BCUT2D eigenvalue weighted by molar-refractivity contribution is -0.139. The number of carbonyl (C=O) groups excluding carboxylic acids is 1. The first kappa shape index (κ1) is 15.6. The number of carbonyl (C=O) groups is 2. The fourth-order valence-electron chi connectivity index (χ4n) is 2.20. The van der Waals surface area contributed by atoms with E-state index in [1.54, 1.807) is 6.92 Å². The molecule has 2 rings (SSSR count). The van der Waals surface area contributed by atoms with E-state index >= 15 is 0 Å². The molecule has 1 aromatic rings. The number of carboxylic acids is 1. The zero-order valence-corrected chi connectivity index (χ0v) is 13.2. The molecule has 1 unspecified atom stereocenters. The van der Waals surface area contributed by atoms with Gasteiger partial charge in [0.25, 0.3) is 0 Å². The fourth-order valence-corrected chi connectivity index (χ4v) is 2.75. The number of hydrogen-bond acceptors (Lipinski definition) is 3. The molecule has 1 aliphatic heterocycles. The minimum absolute atomic E-state index is 0.281. The number of carboxylic acid groups (broad SMARTS) is 1. The van der Waals surface area contributed by atoms with E-state index in [1.165, 1.54) is 0 Å². The van der Waals surface area contributed by atoms with E-state index in [4.69, 9.17) is 9.84 Å². The van der Waals surface area contributed by atoms with Crippen LogP contribution in [0.4, 0.5) is 4.79 Å². The first-order valence-electron chi connectivity index (χ1n) is 6.72. The third-order valence-corrected chi connectivity index (χ3v) is 3.73. The van der Waals surface area contributed by atoms with Crippen LogP contribution in [0.2, 0.25) is 0 Å². The maximum absolute atomic E-state index is 11.7. The van der Waals surface area contributed by atoms with Crippen LogP contribution in [0.1, 0.15) is 24.5 Å². The third kappa shape index (κ3) is 3.87. The van der Waals surface area contributed by atoms with Gasteiger partial charge in [-0.1, -0.05) is 22.9 Å². The summed E-state index contributed by atoms with van der Waals surface area (Å²) in [5.74, 6) is -0.233. The lowest BCUT2D eigenvalue weighted by Crippen LogP contribution is -2.45. The van der Waals surface area contributed by atoms with Crippen LogP contribution in [0.15, 0.2) is 16.6 Å². The summed E-state index contributed by atoms with van der Waals surface area (Å²) < 4.78 is 6.50. The lowest BCUT2D eigenvalue weighted by Gasteiger charge is -2.14. The smallest absolute Gasteiger partial charge is 0.326 e. The molecule has 0 saturated heterocycles. The SMILES string of the molecule is CCC(NC(=O)NCc1cc(Br)cc2c1OCC2)C(=O)O. The van der Waals surface area contributed by atoms with Gasteiger partial charge >= 0.3 is 12.0 Å². The van der Waals surface area contributed by atoms with E-state index in [0.29, 0.717) is 13.0 Å². The molecule has 114 valence electrons. The highest BCUT2D eigenvalue weighted by molar-refractivity contribution is 9.10. The first-order valence-corrected chi connectivity index (χ1v) is 7.51. The quantitative estimate of drug-likeness (QED) is 0.753. The maximum atomic E-state index is 11.7. The van der Waals surface area contributed by atoms with Crippen molar-refractivity contribution in [3.05, 3.63) is 27.7 Å². The maximum Gasteiger partial charge on any atom is 0.326 e. The van der Waals surface area contributed by atoms with Gasteiger partial charge in [-0.25, -0.2) is 9.59 Å². The zero-order chi connectivity index (χ0) is 15.4. The second-order valence-electron chi connectivity index (χ2n) is 4.78. The number of benzene rings is 1. The fraction of sp³-hybridized carbons (Fsp3) is 0.429. The van der Waals surface area contributed by atoms with Crippen molar-refractivity contribution in [1.82, 2.24) is 10.6 Å². The summed E-state index contributed by atoms with van der Waals surface area (Å²) in [5.41, 5.74) is 1.98. The van der Waals surface area contributed by atoms with Crippen molar-refractivity contribution in [2.24, 2.45) is 0 Å². The van der Waals surface area contributed by atoms with E-state index in [1.807, 2.05) is 12.1 Å². The van der Waals surface area contributed by atoms with Crippen molar-refractivity contribution in [3.63, 3.8) is 0 Å². The number of aliphatic carboxylic acids is 1. The summed E-state index contributed by atoms with van der Waals surface area (Å²) in [6.45, 7) is 2.62. The van der Waals surface area contributed by atoms with Gasteiger partial charge in [-0.3, -0.25) is 0 Å². The number of halogens is 1. The highest BCUT2D eigenvalue weighted by atomic mass is 79.9. The van der Waals surface area contributed by atoms with E-state index in [2.05, 4.69) is 26.6 Å². The van der Waals surface area contributed by atoms with Crippen LogP contribution in [0, 0.1) is 0 Å². The molecule has 7 heteroatoms. The van der Waals surface area contributed by atoms with Crippen molar-refractivity contribution in [2.75, 3.05) is 6.61 Å². The first-order chi connectivity index (χ1) is 10.0. The number of amides is 2. The molecule has 0 radical (unpaired) electrons. The van der Waals surface area contributed by atoms with Crippen molar-refractivity contribution in [3.8, 4) is 5.75 Å². The molecule has 0 bridgehead atoms. The van der Waals surface area contributed by atoms with Crippen molar-refractivity contribution >= 4 is 27.9 Å². The van der Waals surface area contributed by atoms with Crippen LogP contribution in [-0.2, 0) is 17.8 Å². The van der Waals surface area contributed by atoms with Gasteiger partial charge in [-0.05, 0) is 24.1 Å². The highest BCUT2D eigenvalue weighted by Gasteiger charge is 2.20. The van der Waals surface area contributed by atoms with Crippen LogP contribution in [0.25, 0.3) is 0 Å². The topological polar surface area (TPSA) is 87.7 Å². The molecule has 6 nitrogen and oxygen atoms in total. The summed E-state index contributed by atoms with van der Waals surface area (Å²) in [5, 5.41) is 14.0. The highest BCUT2D eigenvalue weighted by Crippen LogP contribution is 2.32. The van der Waals surface area contributed by atoms with E-state index in [0.717, 1.165) is 27.8 Å². The summed E-state index contributed by atoms with van der Waals surface area (Å²) >= 11 is 3.43. The Hall–Kier alpha value is -1.76. The Morgan fingerprint density at radius 2 is 2.24 bits per heavy atom. The lowest BCUT2D eigenvalue weighted by atomic mass is 10.1. The Balaban J connectivity index is 1.97. The molecule has 2 amide bonds. The molecule has 21 heavy (non-hydrogen) atoms. The van der Waals surface area contributed by atoms with Crippen molar-refractivity contribution in [1.29, 1.82) is 0 Å². The number of hydrogen-bond donors (Lipinski definition) is 3. The number of rotatable bonds is 5. The molecule has 1 heterocycles. The molecule has 3 N–H and O–H groups in total. The van der Waals surface area contributed by atoms with Gasteiger partial charge in [0.2, 0.25) is 0 Å². The van der Waals surface area contributed by atoms with Crippen LogP contribution in [0.3, 0.4) is 0 Å². The number of ether oxygens (including phenoxy) is 1. The van der Waals surface area contributed by atoms with Gasteiger partial charge in [0, 0.05) is 23.0 Å². The second-order valence-corrected chi connectivity index (χ2v) is 5.69. The van der Waals surface area contributed by atoms with Crippen LogP contribution >= 0.6 is 15.9 Å². The molecule has 1 aromatic carbocycles. The number of fused-ring (bicyclic) bond motifs is 1. The minimum Gasteiger partial charge on any atom is -0.493 e. The molecule has 1 atom stereocenters. The molecule has 0 fully saturated rings. The minimum atomic E-state index is -1.04. The second kappa shape index (κ2) is 6.80. The van der Waals surface area contributed by atoms with E-state index in [-0.39, 0.29) is 6.54 Å².